The maximum Gasteiger partial charge on any atom is 0.0378 e. The van der Waals surface area contributed by atoms with E-state index in [1.54, 1.807) is 0 Å². The Morgan fingerprint density at radius 1 is 1.25 bits per heavy atom. The molecule has 0 aliphatic heterocycles. The molecule has 0 spiro atoms. The summed E-state index contributed by atoms with van der Waals surface area (Å²) in [5, 5.41) is 0. The molecule has 2 heteroatoms. The summed E-state index contributed by atoms with van der Waals surface area (Å²) >= 11 is 0. The van der Waals surface area contributed by atoms with Gasteiger partial charge in [-0.15, -0.1) is 0 Å². The maximum atomic E-state index is 6.30. The van der Waals surface area contributed by atoms with Crippen molar-refractivity contribution in [3.05, 3.63) is 35.4 Å². The molecule has 0 bridgehead atoms. The van der Waals surface area contributed by atoms with Crippen molar-refractivity contribution < 1.29 is 0 Å². The van der Waals surface area contributed by atoms with Gasteiger partial charge >= 0.3 is 0 Å². The molecule has 110 valence electrons. The molecule has 1 unspecified atom stereocenters. The summed E-state index contributed by atoms with van der Waals surface area (Å²) in [5.41, 5.74) is 9.57. The first-order valence-electron chi connectivity index (χ1n) is 8.18. The molecule has 0 amide bonds. The Morgan fingerprint density at radius 2 is 1.95 bits per heavy atom. The molecule has 2 aliphatic rings. The molecule has 0 saturated heterocycles. The molecule has 20 heavy (non-hydrogen) atoms. The minimum absolute atomic E-state index is 0.208. The van der Waals surface area contributed by atoms with Crippen LogP contribution in [-0.2, 0) is 12.8 Å². The Kier molecular flexibility index (Phi) is 3.87. The zero-order valence-corrected chi connectivity index (χ0v) is 12.9. The van der Waals surface area contributed by atoms with Crippen molar-refractivity contribution in [1.82, 2.24) is 4.90 Å². The molecule has 2 nitrogen and oxygen atoms in total. The SMILES string of the molecule is CC(C)CN(C1CC1)C1(CN)CCc2ccccc2C1. The van der Waals surface area contributed by atoms with Crippen LogP contribution in [0.15, 0.2) is 24.3 Å². The fraction of sp³-hybridized carbons (Fsp3) is 0.667. The van der Waals surface area contributed by atoms with E-state index >= 15 is 0 Å². The Balaban J connectivity index is 1.87. The lowest BCUT2D eigenvalue weighted by Gasteiger charge is -2.47. The van der Waals surface area contributed by atoms with E-state index in [1.165, 1.54) is 43.4 Å². The molecule has 0 radical (unpaired) electrons. The van der Waals surface area contributed by atoms with Gasteiger partial charge in [-0.05, 0) is 49.1 Å². The standard InChI is InChI=1S/C18H28N2/c1-14(2)12-20(17-7-8-17)18(13-19)10-9-15-5-3-4-6-16(15)11-18/h3-6,14,17H,7-13,19H2,1-2H3. The van der Waals surface area contributed by atoms with Crippen LogP contribution in [0.25, 0.3) is 0 Å². The molecular formula is C18H28N2. The lowest BCUT2D eigenvalue weighted by molar-refractivity contribution is 0.0586. The average molecular weight is 272 g/mol. The predicted octanol–water partition coefficient (Wildman–Crippen LogP) is 2.99. The highest BCUT2D eigenvalue weighted by molar-refractivity contribution is 5.32. The van der Waals surface area contributed by atoms with Gasteiger partial charge in [0.15, 0.2) is 0 Å². The summed E-state index contributed by atoms with van der Waals surface area (Å²) in [6, 6.07) is 9.74. The Morgan fingerprint density at radius 3 is 2.55 bits per heavy atom. The van der Waals surface area contributed by atoms with E-state index in [0.29, 0.717) is 0 Å². The second-order valence-corrected chi connectivity index (χ2v) is 7.15. The summed E-state index contributed by atoms with van der Waals surface area (Å²) in [6.45, 7) is 6.65. The average Bonchev–Trinajstić information content (AvgIpc) is 3.28. The Labute approximate surface area is 123 Å². The van der Waals surface area contributed by atoms with Crippen LogP contribution in [0.3, 0.4) is 0 Å². The van der Waals surface area contributed by atoms with Gasteiger partial charge in [-0.1, -0.05) is 38.1 Å². The van der Waals surface area contributed by atoms with Crippen LogP contribution < -0.4 is 5.73 Å². The normalized spacial score (nSPS) is 26.1. The van der Waals surface area contributed by atoms with Crippen molar-refractivity contribution in [2.24, 2.45) is 11.7 Å². The molecule has 1 fully saturated rings. The molecule has 2 aliphatic carbocycles. The lowest BCUT2D eigenvalue weighted by atomic mass is 9.76. The van der Waals surface area contributed by atoms with Crippen molar-refractivity contribution >= 4 is 0 Å². The largest absolute Gasteiger partial charge is 0.329 e. The van der Waals surface area contributed by atoms with Gasteiger partial charge in [0.2, 0.25) is 0 Å². The lowest BCUT2D eigenvalue weighted by Crippen LogP contribution is -2.58. The summed E-state index contributed by atoms with van der Waals surface area (Å²) in [6.07, 6.45) is 6.30. The van der Waals surface area contributed by atoms with Gasteiger partial charge in [-0.25, -0.2) is 0 Å². The van der Waals surface area contributed by atoms with Gasteiger partial charge in [0.1, 0.15) is 0 Å². The molecule has 1 saturated carbocycles. The first kappa shape index (κ1) is 14.1. The maximum absolute atomic E-state index is 6.30. The molecule has 1 aromatic rings. The number of benzene rings is 1. The number of nitrogens with zero attached hydrogens (tertiary/aromatic N) is 1. The minimum atomic E-state index is 0.208. The molecule has 1 aromatic carbocycles. The summed E-state index contributed by atoms with van der Waals surface area (Å²) in [4.78, 5) is 2.77. The van der Waals surface area contributed by atoms with Crippen molar-refractivity contribution in [3.8, 4) is 0 Å². The Bertz CT molecular complexity index is 464. The third kappa shape index (κ3) is 2.64. The van der Waals surface area contributed by atoms with E-state index < -0.39 is 0 Å². The van der Waals surface area contributed by atoms with Crippen LogP contribution in [-0.4, -0.2) is 29.6 Å². The number of aryl methyl sites for hydroxylation is 1. The zero-order chi connectivity index (χ0) is 14.2. The number of rotatable bonds is 5. The zero-order valence-electron chi connectivity index (χ0n) is 12.9. The first-order chi connectivity index (χ1) is 9.64. The van der Waals surface area contributed by atoms with Crippen molar-refractivity contribution in [1.29, 1.82) is 0 Å². The fourth-order valence-electron chi connectivity index (χ4n) is 3.83. The van der Waals surface area contributed by atoms with E-state index in [-0.39, 0.29) is 5.54 Å². The third-order valence-electron chi connectivity index (χ3n) is 5.04. The first-order valence-corrected chi connectivity index (χ1v) is 8.18. The van der Waals surface area contributed by atoms with Crippen molar-refractivity contribution in [2.45, 2.75) is 57.5 Å². The number of fused-ring (bicyclic) bond motifs is 1. The fourth-order valence-corrected chi connectivity index (χ4v) is 3.83. The van der Waals surface area contributed by atoms with Crippen LogP contribution >= 0.6 is 0 Å². The second-order valence-electron chi connectivity index (χ2n) is 7.15. The van der Waals surface area contributed by atoms with Gasteiger partial charge in [0, 0.05) is 24.7 Å². The van der Waals surface area contributed by atoms with E-state index in [4.69, 9.17) is 5.73 Å². The molecule has 1 atom stereocenters. The van der Waals surface area contributed by atoms with E-state index in [2.05, 4.69) is 43.0 Å². The molecule has 2 N–H and O–H groups in total. The highest BCUT2D eigenvalue weighted by Gasteiger charge is 2.45. The summed E-state index contributed by atoms with van der Waals surface area (Å²) in [7, 11) is 0. The molecule has 3 rings (SSSR count). The molecular weight excluding hydrogens is 244 g/mol. The van der Waals surface area contributed by atoms with Gasteiger partial charge in [0.25, 0.3) is 0 Å². The monoisotopic (exact) mass is 272 g/mol. The van der Waals surface area contributed by atoms with Crippen LogP contribution in [0.5, 0.6) is 0 Å². The highest BCUT2D eigenvalue weighted by atomic mass is 15.3. The summed E-state index contributed by atoms with van der Waals surface area (Å²) < 4.78 is 0. The van der Waals surface area contributed by atoms with Crippen molar-refractivity contribution in [3.63, 3.8) is 0 Å². The van der Waals surface area contributed by atoms with E-state index in [1.807, 2.05) is 0 Å². The molecule has 0 aromatic heterocycles. The number of hydrogen-bond donors (Lipinski definition) is 1. The van der Waals surface area contributed by atoms with Crippen LogP contribution in [0, 0.1) is 5.92 Å². The summed E-state index contributed by atoms with van der Waals surface area (Å²) in [5.74, 6) is 0.719. The van der Waals surface area contributed by atoms with Gasteiger partial charge < -0.3 is 5.73 Å². The van der Waals surface area contributed by atoms with Crippen molar-refractivity contribution in [2.75, 3.05) is 13.1 Å². The minimum Gasteiger partial charge on any atom is -0.329 e. The smallest absolute Gasteiger partial charge is 0.0378 e. The third-order valence-corrected chi connectivity index (χ3v) is 5.04. The second kappa shape index (κ2) is 5.50. The van der Waals surface area contributed by atoms with Gasteiger partial charge in [0.05, 0.1) is 0 Å². The van der Waals surface area contributed by atoms with Crippen LogP contribution in [0.2, 0.25) is 0 Å². The predicted molar refractivity (Wildman–Crippen MR) is 84.8 cm³/mol. The van der Waals surface area contributed by atoms with E-state index in [0.717, 1.165) is 24.9 Å². The van der Waals surface area contributed by atoms with Gasteiger partial charge in [-0.3, -0.25) is 4.90 Å². The number of hydrogen-bond acceptors (Lipinski definition) is 2. The van der Waals surface area contributed by atoms with Crippen LogP contribution in [0.4, 0.5) is 0 Å². The van der Waals surface area contributed by atoms with E-state index in [9.17, 15) is 0 Å². The quantitative estimate of drug-likeness (QED) is 0.893. The van der Waals surface area contributed by atoms with Crippen LogP contribution in [0.1, 0.15) is 44.2 Å². The Hall–Kier alpha value is -0.860. The molecule has 0 heterocycles. The number of nitrogens with two attached hydrogens (primary N) is 1. The topological polar surface area (TPSA) is 29.3 Å². The van der Waals surface area contributed by atoms with Gasteiger partial charge in [-0.2, -0.15) is 0 Å². The highest BCUT2D eigenvalue weighted by Crippen LogP contribution is 2.40.